The van der Waals surface area contributed by atoms with Gasteiger partial charge in [-0.15, -0.1) is 10.2 Å². The van der Waals surface area contributed by atoms with Crippen LogP contribution in [0.3, 0.4) is 0 Å². The third kappa shape index (κ3) is 7.20. The molecule has 1 radical (unpaired) electrons. The monoisotopic (exact) mass is 489 g/mol. The van der Waals surface area contributed by atoms with Crippen molar-refractivity contribution in [1.29, 1.82) is 0 Å². The molecule has 0 aliphatic carbocycles. The number of aromatic carboxylic acids is 1. The van der Waals surface area contributed by atoms with Crippen molar-refractivity contribution in [2.24, 2.45) is 20.4 Å². The third-order valence-corrected chi connectivity index (χ3v) is 4.16. The van der Waals surface area contributed by atoms with Gasteiger partial charge in [0.25, 0.3) is 0 Å². The van der Waals surface area contributed by atoms with E-state index in [-0.39, 0.29) is 33.0 Å². The molecule has 0 fully saturated rings. The molecule has 0 saturated carbocycles. The van der Waals surface area contributed by atoms with Gasteiger partial charge in [0.1, 0.15) is 11.4 Å². The molecule has 159 valence electrons. The zero-order valence-corrected chi connectivity index (χ0v) is 18.5. The molecule has 0 amide bonds. The van der Waals surface area contributed by atoms with Crippen molar-refractivity contribution in [2.75, 3.05) is 14.1 Å². The molecule has 0 heterocycles. The fourth-order valence-electron chi connectivity index (χ4n) is 2.14. The summed E-state index contributed by atoms with van der Waals surface area (Å²) in [6, 6.07) is 15.4. The van der Waals surface area contributed by atoms with E-state index in [1.165, 1.54) is 12.1 Å². The molecule has 2 aromatic carbocycles. The van der Waals surface area contributed by atoms with Crippen LogP contribution in [0.15, 0.2) is 75.0 Å². The minimum absolute atomic E-state index is 0. The number of carboxylic acid groups (broad SMARTS) is 1. The average Bonchev–Trinajstić information content (AvgIpc) is 2.76. The summed E-state index contributed by atoms with van der Waals surface area (Å²) in [5, 5.41) is 31.5. The van der Waals surface area contributed by atoms with Crippen LogP contribution in [0.1, 0.15) is 21.5 Å². The molecule has 0 aromatic heterocycles. The van der Waals surface area contributed by atoms with Gasteiger partial charge in [0.2, 0.25) is 0 Å². The molecule has 3 N–H and O–H groups in total. The number of nitrogens with one attached hydrogen (secondary N) is 2. The van der Waals surface area contributed by atoms with Crippen molar-refractivity contribution in [2.45, 2.75) is 0 Å². The Morgan fingerprint density at radius 2 is 1.13 bits per heavy atom. The normalized spacial score (nSPS) is 12.7. The van der Waals surface area contributed by atoms with Crippen LogP contribution in [0, 0.1) is 0 Å². The molecule has 0 unspecified atom stereocenters. The van der Waals surface area contributed by atoms with E-state index in [4.69, 9.17) is 30.4 Å². The number of rotatable bonds is 6. The number of carbonyl (C=O) groups is 1. The number of carboxylic acids is 1. The smallest absolute Gasteiger partial charge is 0.741 e. The Bertz CT molecular complexity index is 976. The number of benzene rings is 2. The third-order valence-electron chi connectivity index (χ3n) is 3.59. The summed E-state index contributed by atoms with van der Waals surface area (Å²) in [5.41, 5.74) is 2.21. The van der Waals surface area contributed by atoms with Gasteiger partial charge in [-0.1, -0.05) is 42.5 Å². The topological polar surface area (TPSA) is 111 Å². The molecule has 2 aromatic rings. The summed E-state index contributed by atoms with van der Waals surface area (Å²) in [5.74, 6) is -1.03. The Balaban J connectivity index is 0.00000450. The second-order valence-electron chi connectivity index (χ2n) is 5.46. The van der Waals surface area contributed by atoms with Crippen molar-refractivity contribution in [3.05, 3.63) is 71.3 Å². The van der Waals surface area contributed by atoms with E-state index >= 15 is 0 Å². The van der Waals surface area contributed by atoms with Gasteiger partial charge in [-0.3, -0.25) is 0 Å². The number of hydrogen-bond donors (Lipinski definition) is 3. The molecule has 8 nitrogen and oxygen atoms in total. The van der Waals surface area contributed by atoms with E-state index in [9.17, 15) is 4.79 Å². The Labute approximate surface area is 196 Å². The first-order valence-electron chi connectivity index (χ1n) is 8.36. The fraction of sp³-hybridized carbons (Fsp3) is 0.105. The van der Waals surface area contributed by atoms with Gasteiger partial charge in [-0.25, -0.2) is 4.79 Å². The van der Waals surface area contributed by atoms with E-state index in [1.54, 1.807) is 26.2 Å². The Morgan fingerprint density at radius 1 is 0.733 bits per heavy atom. The van der Waals surface area contributed by atoms with Gasteiger partial charge in [-0.05, 0) is 22.5 Å². The Morgan fingerprint density at radius 3 is 1.53 bits per heavy atom. The molecule has 0 aliphatic rings. The van der Waals surface area contributed by atoms with Gasteiger partial charge in [0.05, 0.1) is 5.56 Å². The van der Waals surface area contributed by atoms with E-state index in [1.807, 2.05) is 30.3 Å². The van der Waals surface area contributed by atoms with Gasteiger partial charge in [-0.2, -0.15) is 10.2 Å². The van der Waals surface area contributed by atoms with Crippen LogP contribution in [-0.2, 0) is 42.3 Å². The van der Waals surface area contributed by atoms with E-state index < -0.39 is 5.97 Å². The predicted octanol–water partition coefficient (Wildman–Crippen LogP) is 1.74. The van der Waals surface area contributed by atoms with Gasteiger partial charge in [0.15, 0.2) is 0 Å². The molecular weight excluding hydrogens is 472 g/mol. The first-order chi connectivity index (χ1) is 14.0. The zero-order chi connectivity index (χ0) is 21.2. The largest absolute Gasteiger partial charge is 2.00 e. The number of nitrogens with zero attached hydrogens (tertiary/aromatic N) is 4. The second kappa shape index (κ2) is 12.7. The maximum atomic E-state index is 11.2. The SMILES string of the molecule is CN/C([S-])=N/N=C(/C(=N/N=C(\[S-])NC)c1ccc(C(=O)O)cc1)c1ccccc1.[Cu+2]. The molecule has 30 heavy (non-hydrogen) atoms. The van der Waals surface area contributed by atoms with Crippen LogP contribution >= 0.6 is 0 Å². The van der Waals surface area contributed by atoms with Gasteiger partial charge in [0, 0.05) is 25.2 Å². The average molecular weight is 490 g/mol. The summed E-state index contributed by atoms with van der Waals surface area (Å²) < 4.78 is 0. The molecule has 0 spiro atoms. The predicted molar refractivity (Wildman–Crippen MR) is 121 cm³/mol. The molecule has 0 saturated heterocycles. The summed E-state index contributed by atoms with van der Waals surface area (Å²) in [6.45, 7) is 0. The van der Waals surface area contributed by atoms with E-state index in [0.717, 1.165) is 5.56 Å². The van der Waals surface area contributed by atoms with Crippen LogP contribution < -0.4 is 10.6 Å². The van der Waals surface area contributed by atoms with Gasteiger partial charge >= 0.3 is 23.0 Å². The summed E-state index contributed by atoms with van der Waals surface area (Å²) in [4.78, 5) is 11.2. The van der Waals surface area contributed by atoms with Crippen molar-refractivity contribution in [3.63, 3.8) is 0 Å². The fourth-order valence-corrected chi connectivity index (χ4v) is 2.22. The van der Waals surface area contributed by atoms with Gasteiger partial charge < -0.3 is 41.0 Å². The minimum atomic E-state index is -1.03. The van der Waals surface area contributed by atoms with E-state index in [0.29, 0.717) is 17.0 Å². The standard InChI is InChI=1S/C19H20N6O2S2.Cu/c1-20-18(28)24-22-15(12-6-4-3-5-7-12)16(23-25-19(29)21-2)13-8-10-14(11-9-13)17(26)27;/h3-11H,1-2H3,(H,26,27)(H2,20,24,28)(H2,21,25,29);/q;+2/p-2/b22-15+,23-16+;. The number of amidine groups is 2. The summed E-state index contributed by atoms with van der Waals surface area (Å²) in [7, 11) is 3.28. The van der Waals surface area contributed by atoms with Crippen LogP contribution in [0.2, 0.25) is 0 Å². The van der Waals surface area contributed by atoms with Crippen LogP contribution in [0.25, 0.3) is 0 Å². The van der Waals surface area contributed by atoms with Crippen molar-refractivity contribution < 1.29 is 27.0 Å². The maximum absolute atomic E-state index is 11.2. The first kappa shape index (κ1) is 25.2. The summed E-state index contributed by atoms with van der Waals surface area (Å²) in [6.07, 6.45) is 0. The molecule has 2 rings (SSSR count). The van der Waals surface area contributed by atoms with Crippen molar-refractivity contribution in [1.82, 2.24) is 10.6 Å². The molecule has 11 heteroatoms. The van der Waals surface area contributed by atoms with E-state index in [2.05, 4.69) is 31.0 Å². The zero-order valence-electron chi connectivity index (χ0n) is 16.0. The van der Waals surface area contributed by atoms with Crippen molar-refractivity contribution >= 4 is 53.0 Å². The first-order valence-corrected chi connectivity index (χ1v) is 9.18. The molecule has 0 atom stereocenters. The Hall–Kier alpha value is -2.85. The number of hydrogen-bond acceptors (Lipinski definition) is 7. The van der Waals surface area contributed by atoms with Crippen LogP contribution in [0.4, 0.5) is 0 Å². The quantitative estimate of drug-likeness (QED) is 0.187. The minimum Gasteiger partial charge on any atom is -0.741 e. The van der Waals surface area contributed by atoms with Crippen LogP contribution in [0.5, 0.6) is 0 Å². The van der Waals surface area contributed by atoms with Crippen LogP contribution in [-0.4, -0.2) is 46.9 Å². The molecular formula is C19H18CuN6O2S2. The molecule has 0 bridgehead atoms. The second-order valence-corrected chi connectivity index (χ2v) is 6.23. The summed E-state index contributed by atoms with van der Waals surface area (Å²) >= 11 is 10.1. The maximum Gasteiger partial charge on any atom is 2.00 e. The molecule has 0 aliphatic heterocycles. The Kier molecular flexibility index (Phi) is 10.6. The van der Waals surface area contributed by atoms with Crippen molar-refractivity contribution in [3.8, 4) is 0 Å².